The van der Waals surface area contributed by atoms with E-state index in [2.05, 4.69) is 45.2 Å². The molecule has 19 nitrogen and oxygen atoms in total. The number of benzene rings is 4. The van der Waals surface area contributed by atoms with Gasteiger partial charge in [-0.1, -0.05) is 110 Å². The Morgan fingerprint density at radius 3 is 1.20 bits per heavy atom. The molecule has 0 saturated heterocycles. The molecule has 0 bridgehead atoms. The van der Waals surface area contributed by atoms with Gasteiger partial charge in [0.15, 0.2) is 6.29 Å². The lowest BCUT2D eigenvalue weighted by molar-refractivity contribution is -0.141. The first kappa shape index (κ1) is 77.0. The van der Waals surface area contributed by atoms with E-state index in [1.165, 1.54) is 50.5 Å². The molecule has 0 spiro atoms. The van der Waals surface area contributed by atoms with Gasteiger partial charge in [0.05, 0.1) is 26.4 Å². The number of carbonyl (C=O) groups is 5. The first-order chi connectivity index (χ1) is 46.0. The molecule has 27 heteroatoms. The van der Waals surface area contributed by atoms with Crippen LogP contribution in [0.3, 0.4) is 0 Å². The van der Waals surface area contributed by atoms with Gasteiger partial charge in [0.2, 0.25) is 0 Å². The van der Waals surface area contributed by atoms with Gasteiger partial charge < -0.3 is 23.9 Å². The molecule has 0 fully saturated rings. The lowest BCUT2D eigenvalue weighted by Crippen LogP contribution is -2.06. The highest BCUT2D eigenvalue weighted by molar-refractivity contribution is 7.17. The quantitative estimate of drug-likeness (QED) is 0.0102. The fraction of sp³-hybridized carbons (Fsp3) is 0.250. The number of hydrogen-bond donors (Lipinski definition) is 1. The molecule has 1 N–H and O–H groups in total. The SMILES string of the molecule is CCOC(=O)/C(=C/c1cscc1CCc1ccc(Cl)cc1)N=[N+]=[N-].CCOC(=O)/C(=C/c1cscc1CCc1ccc(Cl)cc1)N=[N+]=[N-].CCOC(=O)CN=[N+]=[N-].CCOC(=O)c1cc2c(CCc3ccc(Cl)cc3)csc2[nH]1.O=Cc1cscc1CCc1ccc(Cl)cc1. The fourth-order valence-corrected chi connectivity index (χ4v) is 12.6. The summed E-state index contributed by atoms with van der Waals surface area (Å²) < 4.78 is 19.3. The van der Waals surface area contributed by atoms with E-state index in [-0.39, 0.29) is 37.1 Å². The van der Waals surface area contributed by atoms with Crippen LogP contribution in [0.4, 0.5) is 0 Å². The van der Waals surface area contributed by atoms with E-state index in [0.717, 1.165) is 111 Å². The average molecular weight is 1440 g/mol. The first-order valence-corrected chi connectivity index (χ1v) is 34.7. The van der Waals surface area contributed by atoms with Crippen molar-refractivity contribution in [3.05, 3.63) is 270 Å². The number of azide groups is 3. The number of rotatable bonds is 26. The van der Waals surface area contributed by atoms with E-state index >= 15 is 0 Å². The van der Waals surface area contributed by atoms with Gasteiger partial charge in [0.25, 0.3) is 0 Å². The molecule has 0 amide bonds. The summed E-state index contributed by atoms with van der Waals surface area (Å²) in [7, 11) is 0. The van der Waals surface area contributed by atoms with Gasteiger partial charge in [-0.15, -0.1) is 11.3 Å². The number of H-pyrrole nitrogens is 1. The smallest absolute Gasteiger partial charge is 0.354 e. The molecule has 9 rings (SSSR count). The van der Waals surface area contributed by atoms with Gasteiger partial charge in [-0.3, -0.25) is 9.59 Å². The number of esters is 4. The van der Waals surface area contributed by atoms with Crippen LogP contribution in [0.1, 0.15) is 104 Å². The summed E-state index contributed by atoms with van der Waals surface area (Å²) in [5.74, 6) is -2.03. The number of aryl methyl sites for hydroxylation is 8. The van der Waals surface area contributed by atoms with E-state index in [9.17, 15) is 24.0 Å². The van der Waals surface area contributed by atoms with Crippen LogP contribution in [-0.4, -0.2) is 68.1 Å². The zero-order chi connectivity index (χ0) is 68.7. The monoisotopic (exact) mass is 1430 g/mol. The third kappa shape index (κ3) is 27.7. The maximum atomic E-state index is 11.8. The number of nitrogens with one attached hydrogen (secondary N) is 1. The standard InChI is InChI=1S/2C17H16ClN3O2S.C17H16ClNO2S.C13H11ClOS.C4H7N3O2/c2*1-2-23-17(22)16(20-21-19)9-14-11-24-10-13(14)6-3-12-4-7-15(18)8-5-12;1-2-21-17(20)15-9-14-12(10-22-16(14)19-15)6-3-11-4-7-13(18)8-5-11;14-13-5-2-10(3-6-13)1-4-11-8-16-9-12(11)7-15;1-2-9-4(8)3-6-7-5/h2*4-5,7-11H,2-3,6H2,1H3;4-5,7-10,19H,2-3,6H2,1H3;2-3,5-9H,1,4H2;2-3H2,1H3/b2*16-9-;;;. The van der Waals surface area contributed by atoms with Crippen molar-refractivity contribution in [3.8, 4) is 0 Å². The summed E-state index contributed by atoms with van der Waals surface area (Å²) in [6.07, 6.45) is 11.1. The van der Waals surface area contributed by atoms with Crippen LogP contribution in [0, 0.1) is 0 Å². The van der Waals surface area contributed by atoms with Gasteiger partial charge >= 0.3 is 23.9 Å². The van der Waals surface area contributed by atoms with Crippen LogP contribution >= 0.6 is 91.8 Å². The van der Waals surface area contributed by atoms with Crippen LogP contribution < -0.4 is 0 Å². The number of aromatic amines is 1. The zero-order valence-electron chi connectivity index (χ0n) is 52.1. The number of aromatic nitrogens is 1. The maximum Gasteiger partial charge on any atom is 0.354 e. The topological polar surface area (TPSA) is 284 Å². The van der Waals surface area contributed by atoms with Crippen LogP contribution in [0.25, 0.3) is 53.7 Å². The van der Waals surface area contributed by atoms with Gasteiger partial charge in [-0.25, -0.2) is 14.4 Å². The van der Waals surface area contributed by atoms with E-state index < -0.39 is 17.9 Å². The normalized spacial score (nSPS) is 10.6. The Kier molecular flexibility index (Phi) is 35.2. The molecule has 0 saturated carbocycles. The van der Waals surface area contributed by atoms with Crippen molar-refractivity contribution in [2.75, 3.05) is 33.0 Å². The zero-order valence-corrected chi connectivity index (χ0v) is 58.4. The minimum atomic E-state index is -0.620. The average Bonchev–Trinajstić information content (AvgIpc) is 1.66. The Hall–Kier alpha value is -8.66. The lowest BCUT2D eigenvalue weighted by Gasteiger charge is -2.04. The Morgan fingerprint density at radius 2 is 0.842 bits per heavy atom. The summed E-state index contributed by atoms with van der Waals surface area (Å²) in [6.45, 7) is 7.84. The molecule has 494 valence electrons. The van der Waals surface area contributed by atoms with Crippen molar-refractivity contribution in [3.63, 3.8) is 0 Å². The van der Waals surface area contributed by atoms with E-state index in [1.54, 1.807) is 62.5 Å². The molecule has 0 aliphatic heterocycles. The van der Waals surface area contributed by atoms with Gasteiger partial charge in [0, 0.05) is 51.2 Å². The highest BCUT2D eigenvalue weighted by Gasteiger charge is 2.16. The molecular formula is C68H66Cl4N10O9S4. The molecule has 0 radical (unpaired) electrons. The summed E-state index contributed by atoms with van der Waals surface area (Å²) in [5, 5.41) is 27.9. The molecule has 5 heterocycles. The third-order valence-corrected chi connectivity index (χ3v) is 17.6. The largest absolute Gasteiger partial charge is 0.466 e. The number of fused-ring (bicyclic) bond motifs is 1. The predicted octanol–water partition coefficient (Wildman–Crippen LogP) is 20.5. The Morgan fingerprint density at radius 1 is 0.474 bits per heavy atom. The lowest BCUT2D eigenvalue weighted by atomic mass is 10.0. The summed E-state index contributed by atoms with van der Waals surface area (Å²) in [4.78, 5) is 68.4. The first-order valence-electron chi connectivity index (χ1n) is 29.4. The number of aldehydes is 1. The molecule has 4 aromatic carbocycles. The second-order valence-electron chi connectivity index (χ2n) is 19.7. The number of halogens is 4. The molecule has 9 aromatic rings. The van der Waals surface area contributed by atoms with Crippen molar-refractivity contribution < 1.29 is 42.9 Å². The molecular weight excluding hydrogens is 1370 g/mol. The number of ether oxygens (including phenoxy) is 4. The molecule has 0 unspecified atom stereocenters. The van der Waals surface area contributed by atoms with Crippen molar-refractivity contribution >= 4 is 144 Å². The van der Waals surface area contributed by atoms with Crippen molar-refractivity contribution in [1.82, 2.24) is 4.98 Å². The van der Waals surface area contributed by atoms with Gasteiger partial charge in [-0.2, -0.15) is 34.0 Å². The molecule has 95 heavy (non-hydrogen) atoms. The highest BCUT2D eigenvalue weighted by atomic mass is 35.5. The van der Waals surface area contributed by atoms with Crippen LogP contribution in [-0.2, 0) is 84.7 Å². The fourth-order valence-electron chi connectivity index (χ4n) is 8.51. The van der Waals surface area contributed by atoms with E-state index in [4.69, 9.17) is 77.2 Å². The Bertz CT molecular complexity index is 3990. The summed E-state index contributed by atoms with van der Waals surface area (Å²) >= 11 is 29.8. The molecule has 0 atom stereocenters. The van der Waals surface area contributed by atoms with Crippen LogP contribution in [0.15, 0.2) is 168 Å². The second-order valence-corrected chi connectivity index (χ2v) is 24.5. The minimum Gasteiger partial charge on any atom is -0.466 e. The Labute approximate surface area is 585 Å². The van der Waals surface area contributed by atoms with Gasteiger partial charge in [0.1, 0.15) is 28.5 Å². The summed E-state index contributed by atoms with van der Waals surface area (Å²) in [5.41, 5.74) is 37.4. The highest BCUT2D eigenvalue weighted by Crippen LogP contribution is 2.29. The maximum absolute atomic E-state index is 11.8. The number of carbonyl (C=O) groups excluding carboxylic acids is 5. The van der Waals surface area contributed by atoms with Crippen LogP contribution in [0.5, 0.6) is 0 Å². The van der Waals surface area contributed by atoms with Crippen molar-refractivity contribution in [1.29, 1.82) is 0 Å². The number of hydrogen-bond acceptors (Lipinski definition) is 16. The van der Waals surface area contributed by atoms with Crippen LogP contribution in [0.2, 0.25) is 20.1 Å². The van der Waals surface area contributed by atoms with E-state index in [0.29, 0.717) is 29.0 Å². The van der Waals surface area contributed by atoms with Crippen molar-refractivity contribution in [2.24, 2.45) is 15.3 Å². The second kappa shape index (κ2) is 43.3. The number of thiophene rings is 4. The van der Waals surface area contributed by atoms with Crippen molar-refractivity contribution in [2.45, 2.75) is 79.1 Å². The third-order valence-electron chi connectivity index (χ3n) is 13.2. The molecule has 0 aliphatic carbocycles. The predicted molar refractivity (Wildman–Crippen MR) is 384 cm³/mol. The Balaban J connectivity index is 0.000000221. The van der Waals surface area contributed by atoms with E-state index in [1.807, 2.05) is 135 Å². The van der Waals surface area contributed by atoms with Gasteiger partial charge in [-0.05, 0) is 250 Å². The molecule has 5 aromatic heterocycles. The minimum absolute atomic E-state index is 0.0366. The number of nitrogens with zero attached hydrogens (tertiary/aromatic N) is 9. The summed E-state index contributed by atoms with van der Waals surface area (Å²) in [6, 6.07) is 33.1. The molecule has 0 aliphatic rings.